The van der Waals surface area contributed by atoms with Crippen molar-refractivity contribution in [1.29, 1.82) is 0 Å². The van der Waals surface area contributed by atoms with Crippen molar-refractivity contribution in [3.8, 4) is 0 Å². The molecule has 1 aromatic carbocycles. The van der Waals surface area contributed by atoms with Crippen LogP contribution in [0.25, 0.3) is 0 Å². The van der Waals surface area contributed by atoms with Gasteiger partial charge in [0.25, 0.3) is 5.91 Å². The van der Waals surface area contributed by atoms with E-state index in [-0.39, 0.29) is 29.5 Å². The van der Waals surface area contributed by atoms with Crippen molar-refractivity contribution in [2.75, 3.05) is 26.2 Å². The van der Waals surface area contributed by atoms with E-state index in [1.807, 2.05) is 13.8 Å². The number of sulfonamides is 1. The van der Waals surface area contributed by atoms with Gasteiger partial charge in [0.15, 0.2) is 0 Å². The molecule has 0 unspecified atom stereocenters. The van der Waals surface area contributed by atoms with Crippen LogP contribution in [0.15, 0.2) is 23.1 Å². The number of likely N-dealkylation sites (N-methyl/N-ethyl adjacent to an activating group) is 1. The first-order valence-corrected chi connectivity index (χ1v) is 12.5. The lowest BCUT2D eigenvalue weighted by Gasteiger charge is -2.40. The molecule has 1 aromatic rings. The lowest BCUT2D eigenvalue weighted by molar-refractivity contribution is -0.139. The molecule has 1 N–H and O–H groups in total. The first-order chi connectivity index (χ1) is 14.7. The van der Waals surface area contributed by atoms with Gasteiger partial charge in [-0.15, -0.1) is 0 Å². The summed E-state index contributed by atoms with van der Waals surface area (Å²) in [6.07, 6.45) is 3.49. The number of carbonyl (C=O) groups excluding carboxylic acids is 2. The Hall–Kier alpha value is -2.00. The summed E-state index contributed by atoms with van der Waals surface area (Å²) in [5.74, 6) is -1.76. The fourth-order valence-electron chi connectivity index (χ4n) is 4.20. The lowest BCUT2D eigenvalue weighted by Crippen LogP contribution is -2.60. The van der Waals surface area contributed by atoms with E-state index in [0.717, 1.165) is 37.5 Å². The Morgan fingerprint density at radius 3 is 2.10 bits per heavy atom. The van der Waals surface area contributed by atoms with Gasteiger partial charge < -0.3 is 10.2 Å². The predicted octanol–water partition coefficient (Wildman–Crippen LogP) is 3.16. The second-order valence-electron chi connectivity index (χ2n) is 7.81. The van der Waals surface area contributed by atoms with E-state index in [1.165, 1.54) is 4.31 Å². The SMILES string of the molecule is CCN(CC)C(=O)C1(NC(=O)c2cc(S(=O)(=O)N(CC)CC)ccc2F)CCCCC1. The Balaban J connectivity index is 2.42. The molecule has 1 fully saturated rings. The molecule has 0 radical (unpaired) electrons. The number of rotatable bonds is 9. The maximum atomic E-state index is 14.6. The van der Waals surface area contributed by atoms with Crippen LogP contribution in [0.3, 0.4) is 0 Å². The molecule has 0 atom stereocenters. The molecule has 0 bridgehead atoms. The number of hydrogen-bond acceptors (Lipinski definition) is 4. The molecule has 0 aliphatic heterocycles. The van der Waals surface area contributed by atoms with Crippen LogP contribution in [0, 0.1) is 5.82 Å². The van der Waals surface area contributed by atoms with Gasteiger partial charge in [-0.05, 0) is 44.9 Å². The largest absolute Gasteiger partial charge is 0.341 e. The minimum atomic E-state index is -3.85. The topological polar surface area (TPSA) is 86.8 Å². The highest BCUT2D eigenvalue weighted by atomic mass is 32.2. The normalized spacial score (nSPS) is 16.2. The summed E-state index contributed by atoms with van der Waals surface area (Å²) in [6.45, 7) is 8.73. The molecule has 2 rings (SSSR count). The van der Waals surface area contributed by atoms with Crippen molar-refractivity contribution in [2.45, 2.75) is 70.2 Å². The quantitative estimate of drug-likeness (QED) is 0.620. The minimum absolute atomic E-state index is 0.143. The second-order valence-corrected chi connectivity index (χ2v) is 9.74. The molecule has 1 aliphatic carbocycles. The minimum Gasteiger partial charge on any atom is -0.341 e. The monoisotopic (exact) mass is 455 g/mol. The first-order valence-electron chi connectivity index (χ1n) is 11.1. The summed E-state index contributed by atoms with van der Waals surface area (Å²) < 4.78 is 41.5. The summed E-state index contributed by atoms with van der Waals surface area (Å²) >= 11 is 0. The molecule has 7 nitrogen and oxygen atoms in total. The van der Waals surface area contributed by atoms with Crippen molar-refractivity contribution in [3.63, 3.8) is 0 Å². The number of hydrogen-bond donors (Lipinski definition) is 1. The van der Waals surface area contributed by atoms with E-state index >= 15 is 0 Å². The van der Waals surface area contributed by atoms with Gasteiger partial charge in [-0.1, -0.05) is 33.1 Å². The zero-order valence-electron chi connectivity index (χ0n) is 18.9. The maximum absolute atomic E-state index is 14.6. The number of halogens is 1. The molecule has 174 valence electrons. The van der Waals surface area contributed by atoms with Crippen LogP contribution >= 0.6 is 0 Å². The standard InChI is InChI=1S/C22H34FN3O4S/c1-5-25(6-2)21(28)22(14-10-9-11-15-22)24-20(27)18-16-17(12-13-19(18)23)31(29,30)26(7-3)8-4/h12-13,16H,5-11,14-15H2,1-4H3,(H,24,27). The molecular formula is C22H34FN3O4S. The van der Waals surface area contributed by atoms with Crippen molar-refractivity contribution in [3.05, 3.63) is 29.6 Å². The molecule has 1 saturated carbocycles. The van der Waals surface area contributed by atoms with Crippen LogP contribution in [0.1, 0.15) is 70.2 Å². The molecule has 2 amide bonds. The average Bonchev–Trinajstić information content (AvgIpc) is 2.75. The van der Waals surface area contributed by atoms with Gasteiger partial charge in [0.05, 0.1) is 10.5 Å². The summed E-state index contributed by atoms with van der Waals surface area (Å²) in [5, 5.41) is 2.80. The van der Waals surface area contributed by atoms with Gasteiger partial charge in [0.1, 0.15) is 11.4 Å². The highest BCUT2D eigenvalue weighted by Crippen LogP contribution is 2.31. The van der Waals surface area contributed by atoms with Crippen LogP contribution in [0.4, 0.5) is 4.39 Å². The van der Waals surface area contributed by atoms with Gasteiger partial charge in [-0.25, -0.2) is 12.8 Å². The number of nitrogens with zero attached hydrogens (tertiary/aromatic N) is 2. The Morgan fingerprint density at radius 2 is 1.58 bits per heavy atom. The second kappa shape index (κ2) is 10.5. The smallest absolute Gasteiger partial charge is 0.255 e. The predicted molar refractivity (Wildman–Crippen MR) is 118 cm³/mol. The third-order valence-electron chi connectivity index (χ3n) is 6.05. The molecule has 1 aliphatic rings. The molecule has 0 spiro atoms. The van der Waals surface area contributed by atoms with Gasteiger partial charge in [0.2, 0.25) is 15.9 Å². The van der Waals surface area contributed by atoms with E-state index in [4.69, 9.17) is 0 Å². The Labute approximate surface area is 185 Å². The summed E-state index contributed by atoms with van der Waals surface area (Å²) in [6, 6.07) is 3.22. The van der Waals surface area contributed by atoms with Crippen LogP contribution in [-0.2, 0) is 14.8 Å². The molecule has 9 heteroatoms. The fraction of sp³-hybridized carbons (Fsp3) is 0.636. The molecule has 0 heterocycles. The Morgan fingerprint density at radius 1 is 1.00 bits per heavy atom. The van der Waals surface area contributed by atoms with Crippen LogP contribution in [0.2, 0.25) is 0 Å². The third kappa shape index (κ3) is 5.26. The van der Waals surface area contributed by atoms with Gasteiger partial charge in [-0.3, -0.25) is 9.59 Å². The first kappa shape index (κ1) is 25.3. The number of nitrogens with one attached hydrogen (secondary N) is 1. The Kier molecular flexibility index (Phi) is 8.59. The van der Waals surface area contributed by atoms with Gasteiger partial charge in [0, 0.05) is 26.2 Å². The third-order valence-corrected chi connectivity index (χ3v) is 8.09. The maximum Gasteiger partial charge on any atom is 0.255 e. The Bertz CT molecular complexity index is 890. The van der Waals surface area contributed by atoms with E-state index in [0.29, 0.717) is 25.9 Å². The van der Waals surface area contributed by atoms with Crippen molar-refractivity contribution < 1.29 is 22.4 Å². The summed E-state index contributed by atoms with van der Waals surface area (Å²) in [5.41, 5.74) is -1.47. The highest BCUT2D eigenvalue weighted by molar-refractivity contribution is 7.89. The lowest BCUT2D eigenvalue weighted by atomic mass is 9.80. The van der Waals surface area contributed by atoms with Crippen molar-refractivity contribution in [1.82, 2.24) is 14.5 Å². The van der Waals surface area contributed by atoms with E-state index in [2.05, 4.69) is 5.32 Å². The summed E-state index contributed by atoms with van der Waals surface area (Å²) in [7, 11) is -3.85. The van der Waals surface area contributed by atoms with Crippen LogP contribution < -0.4 is 5.32 Å². The molecular weight excluding hydrogens is 421 g/mol. The van der Waals surface area contributed by atoms with Crippen molar-refractivity contribution in [2.24, 2.45) is 0 Å². The van der Waals surface area contributed by atoms with Crippen LogP contribution in [-0.4, -0.2) is 61.2 Å². The summed E-state index contributed by atoms with van der Waals surface area (Å²) in [4.78, 5) is 27.9. The average molecular weight is 456 g/mol. The van der Waals surface area contributed by atoms with E-state index in [1.54, 1.807) is 18.7 Å². The van der Waals surface area contributed by atoms with Gasteiger partial charge in [-0.2, -0.15) is 4.31 Å². The number of amides is 2. The zero-order chi connectivity index (χ0) is 23.2. The van der Waals surface area contributed by atoms with Crippen LogP contribution in [0.5, 0.6) is 0 Å². The van der Waals surface area contributed by atoms with Gasteiger partial charge >= 0.3 is 0 Å². The molecule has 31 heavy (non-hydrogen) atoms. The fourth-order valence-corrected chi connectivity index (χ4v) is 5.68. The molecule has 0 aromatic heterocycles. The molecule has 0 saturated heterocycles. The number of benzene rings is 1. The highest BCUT2D eigenvalue weighted by Gasteiger charge is 2.43. The van der Waals surface area contributed by atoms with Crippen molar-refractivity contribution >= 4 is 21.8 Å². The van der Waals surface area contributed by atoms with E-state index in [9.17, 15) is 22.4 Å². The zero-order valence-corrected chi connectivity index (χ0v) is 19.7. The van der Waals surface area contributed by atoms with E-state index < -0.39 is 27.3 Å². The number of carbonyl (C=O) groups is 2.